The molecule has 0 spiro atoms. The number of amides is 2. The molecule has 0 unspecified atom stereocenters. The van der Waals surface area contributed by atoms with Crippen LogP contribution < -0.4 is 5.32 Å². The Labute approximate surface area is 141 Å². The second-order valence-corrected chi connectivity index (χ2v) is 6.40. The molecule has 3 heterocycles. The van der Waals surface area contributed by atoms with Gasteiger partial charge in [-0.2, -0.15) is 0 Å². The maximum absolute atomic E-state index is 12.6. The molecule has 2 atom stereocenters. The highest BCUT2D eigenvalue weighted by atomic mass is 16.5. The number of urea groups is 1. The molecule has 0 radical (unpaired) electrons. The van der Waals surface area contributed by atoms with Crippen molar-refractivity contribution in [3.8, 4) is 0 Å². The Morgan fingerprint density at radius 3 is 3.00 bits per heavy atom. The molecule has 0 bridgehead atoms. The normalized spacial score (nSPS) is 19.0. The Bertz CT molecular complexity index is 665. The third-order valence-electron chi connectivity index (χ3n) is 4.43. The molecule has 1 aliphatic heterocycles. The van der Waals surface area contributed by atoms with E-state index in [1.165, 1.54) is 0 Å². The van der Waals surface area contributed by atoms with Gasteiger partial charge in [-0.1, -0.05) is 5.16 Å². The van der Waals surface area contributed by atoms with E-state index in [0.717, 1.165) is 36.6 Å². The van der Waals surface area contributed by atoms with Crippen molar-refractivity contribution in [2.24, 2.45) is 0 Å². The van der Waals surface area contributed by atoms with Crippen molar-refractivity contribution in [3.05, 3.63) is 41.7 Å². The van der Waals surface area contributed by atoms with Gasteiger partial charge in [0, 0.05) is 19.2 Å². The zero-order chi connectivity index (χ0) is 17.1. The Hall–Kier alpha value is -2.28. The summed E-state index contributed by atoms with van der Waals surface area (Å²) >= 11 is 0. The Morgan fingerprint density at radius 2 is 2.38 bits per heavy atom. The summed E-state index contributed by atoms with van der Waals surface area (Å²) < 4.78 is 10.8. The molecule has 0 aromatic carbocycles. The van der Waals surface area contributed by atoms with Crippen LogP contribution in [0.5, 0.6) is 0 Å². The van der Waals surface area contributed by atoms with Crippen LogP contribution in [-0.2, 0) is 0 Å². The number of aromatic nitrogens is 1. The number of nitrogens with one attached hydrogen (secondary N) is 1. The van der Waals surface area contributed by atoms with Crippen LogP contribution in [0.1, 0.15) is 42.1 Å². The summed E-state index contributed by atoms with van der Waals surface area (Å²) in [7, 11) is 3.94. The van der Waals surface area contributed by atoms with Crippen molar-refractivity contribution < 1.29 is 13.7 Å². The summed E-state index contributed by atoms with van der Waals surface area (Å²) in [5.74, 6) is 1.60. The van der Waals surface area contributed by atoms with Crippen LogP contribution in [0.25, 0.3) is 0 Å². The molecule has 1 N–H and O–H groups in total. The molecule has 1 fully saturated rings. The Morgan fingerprint density at radius 1 is 1.54 bits per heavy atom. The standard InChI is InChI=1S/C17H24N4O3/c1-12-10-16(24-19-12)13-6-4-8-21(13)17(22)18-11-14(20(2)3)15-7-5-9-23-15/h5,7,9-10,13-14H,4,6,8,11H2,1-3H3,(H,18,22)/t13-,14+/m1/s1. The molecular formula is C17H24N4O3. The van der Waals surface area contributed by atoms with Gasteiger partial charge in [0.1, 0.15) is 5.76 Å². The number of hydrogen-bond acceptors (Lipinski definition) is 5. The predicted molar refractivity (Wildman–Crippen MR) is 88.5 cm³/mol. The van der Waals surface area contributed by atoms with Crippen LogP contribution in [-0.4, -0.2) is 48.2 Å². The predicted octanol–water partition coefficient (Wildman–Crippen LogP) is 2.73. The lowest BCUT2D eigenvalue weighted by atomic mass is 10.1. The van der Waals surface area contributed by atoms with E-state index in [9.17, 15) is 4.79 Å². The fraction of sp³-hybridized carbons (Fsp3) is 0.529. The van der Waals surface area contributed by atoms with Gasteiger partial charge in [-0.05, 0) is 46.0 Å². The zero-order valence-electron chi connectivity index (χ0n) is 14.4. The molecule has 2 aromatic heterocycles. The smallest absolute Gasteiger partial charge is 0.318 e. The van der Waals surface area contributed by atoms with Crippen molar-refractivity contribution in [2.45, 2.75) is 31.8 Å². The van der Waals surface area contributed by atoms with Crippen molar-refractivity contribution in [2.75, 3.05) is 27.2 Å². The lowest BCUT2D eigenvalue weighted by molar-refractivity contribution is 0.176. The van der Waals surface area contributed by atoms with Crippen LogP contribution >= 0.6 is 0 Å². The molecule has 2 aromatic rings. The van der Waals surface area contributed by atoms with Crippen LogP contribution in [0.4, 0.5) is 4.79 Å². The second-order valence-electron chi connectivity index (χ2n) is 6.40. The topological polar surface area (TPSA) is 74.8 Å². The minimum atomic E-state index is -0.0787. The number of rotatable bonds is 5. The fourth-order valence-corrected chi connectivity index (χ4v) is 3.15. The van der Waals surface area contributed by atoms with E-state index in [2.05, 4.69) is 10.5 Å². The summed E-state index contributed by atoms with van der Waals surface area (Å²) in [6, 6.07) is 5.57. The first-order valence-corrected chi connectivity index (χ1v) is 8.24. The van der Waals surface area contributed by atoms with Crippen LogP contribution in [0.2, 0.25) is 0 Å². The van der Waals surface area contributed by atoms with Crippen molar-refractivity contribution in [3.63, 3.8) is 0 Å². The van der Waals surface area contributed by atoms with Gasteiger partial charge < -0.3 is 19.2 Å². The third-order valence-corrected chi connectivity index (χ3v) is 4.43. The highest BCUT2D eigenvalue weighted by Gasteiger charge is 2.33. The first-order valence-electron chi connectivity index (χ1n) is 8.24. The lowest BCUT2D eigenvalue weighted by Crippen LogP contribution is -2.42. The number of likely N-dealkylation sites (N-methyl/N-ethyl adjacent to an activating group) is 1. The van der Waals surface area contributed by atoms with Crippen molar-refractivity contribution in [1.82, 2.24) is 20.3 Å². The highest BCUT2D eigenvalue weighted by molar-refractivity contribution is 5.75. The van der Waals surface area contributed by atoms with Gasteiger partial charge in [0.25, 0.3) is 0 Å². The quantitative estimate of drug-likeness (QED) is 0.911. The summed E-state index contributed by atoms with van der Waals surface area (Å²) in [4.78, 5) is 16.5. The summed E-state index contributed by atoms with van der Waals surface area (Å²) in [5, 5.41) is 6.96. The molecule has 130 valence electrons. The minimum absolute atomic E-state index is 0.00229. The summed E-state index contributed by atoms with van der Waals surface area (Å²) in [6.07, 6.45) is 3.51. The van der Waals surface area contributed by atoms with Crippen molar-refractivity contribution >= 4 is 6.03 Å². The largest absolute Gasteiger partial charge is 0.468 e. The zero-order valence-corrected chi connectivity index (χ0v) is 14.4. The van der Waals surface area contributed by atoms with Crippen LogP contribution in [0.3, 0.4) is 0 Å². The average Bonchev–Trinajstić information content (AvgIpc) is 3.27. The monoisotopic (exact) mass is 332 g/mol. The molecule has 0 saturated carbocycles. The minimum Gasteiger partial charge on any atom is -0.468 e. The van der Waals surface area contributed by atoms with Gasteiger partial charge in [0.2, 0.25) is 0 Å². The number of furan rings is 1. The van der Waals surface area contributed by atoms with Gasteiger partial charge in [0.05, 0.1) is 24.0 Å². The van der Waals surface area contributed by atoms with E-state index in [0.29, 0.717) is 6.54 Å². The molecule has 1 aliphatic rings. The number of nitrogens with zero attached hydrogens (tertiary/aromatic N) is 3. The molecule has 0 aliphatic carbocycles. The molecule has 7 nitrogen and oxygen atoms in total. The number of hydrogen-bond donors (Lipinski definition) is 1. The Kier molecular flexibility index (Phi) is 4.89. The van der Waals surface area contributed by atoms with E-state index in [-0.39, 0.29) is 18.1 Å². The number of carbonyl (C=O) groups is 1. The van der Waals surface area contributed by atoms with Crippen molar-refractivity contribution in [1.29, 1.82) is 0 Å². The molecule has 3 rings (SSSR count). The first-order chi connectivity index (χ1) is 11.6. The third kappa shape index (κ3) is 3.46. The summed E-state index contributed by atoms with van der Waals surface area (Å²) in [6.45, 7) is 3.10. The molecule has 7 heteroatoms. The fourth-order valence-electron chi connectivity index (χ4n) is 3.15. The molecule has 2 amide bonds. The lowest BCUT2D eigenvalue weighted by Gasteiger charge is -2.26. The van der Waals surface area contributed by atoms with E-state index in [1.54, 1.807) is 6.26 Å². The Balaban J connectivity index is 1.63. The SMILES string of the molecule is Cc1cc([C@H]2CCCN2C(=O)NC[C@@H](c2ccco2)N(C)C)on1. The summed E-state index contributed by atoms with van der Waals surface area (Å²) in [5.41, 5.74) is 0.836. The van der Waals surface area contributed by atoms with Gasteiger partial charge >= 0.3 is 6.03 Å². The van der Waals surface area contributed by atoms with Gasteiger partial charge in [-0.3, -0.25) is 4.90 Å². The molecule has 1 saturated heterocycles. The van der Waals surface area contributed by atoms with Crippen LogP contribution in [0, 0.1) is 6.92 Å². The van der Waals surface area contributed by atoms with E-state index < -0.39 is 0 Å². The average molecular weight is 332 g/mol. The number of likely N-dealkylation sites (tertiary alicyclic amines) is 1. The highest BCUT2D eigenvalue weighted by Crippen LogP contribution is 2.32. The van der Waals surface area contributed by atoms with E-state index in [4.69, 9.17) is 8.94 Å². The second kappa shape index (κ2) is 7.09. The maximum Gasteiger partial charge on any atom is 0.318 e. The molecule has 24 heavy (non-hydrogen) atoms. The molecular weight excluding hydrogens is 308 g/mol. The first kappa shape index (κ1) is 16.6. The van der Waals surface area contributed by atoms with E-state index in [1.807, 2.05) is 49.0 Å². The number of carbonyl (C=O) groups excluding carboxylic acids is 1. The number of aryl methyl sites for hydroxylation is 1. The van der Waals surface area contributed by atoms with Gasteiger partial charge in [-0.25, -0.2) is 4.79 Å². The van der Waals surface area contributed by atoms with Crippen LogP contribution in [0.15, 0.2) is 33.4 Å². The van der Waals surface area contributed by atoms with E-state index >= 15 is 0 Å². The van der Waals surface area contributed by atoms with Gasteiger partial charge in [-0.15, -0.1) is 0 Å². The van der Waals surface area contributed by atoms with Gasteiger partial charge in [0.15, 0.2) is 5.76 Å². The maximum atomic E-state index is 12.6.